The Kier molecular flexibility index (Phi) is 6.93. The quantitative estimate of drug-likeness (QED) is 0.442. The average molecular weight is 406 g/mol. The van der Waals surface area contributed by atoms with E-state index in [1.54, 1.807) is 4.68 Å². The molecule has 148 valence electrons. The molecule has 1 amide bonds. The van der Waals surface area contributed by atoms with Gasteiger partial charge in [-0.1, -0.05) is 35.9 Å². The minimum Gasteiger partial charge on any atom is -0.382 e. The van der Waals surface area contributed by atoms with E-state index in [-0.39, 0.29) is 5.91 Å². The van der Waals surface area contributed by atoms with Crippen LogP contribution in [-0.2, 0) is 11.2 Å². The van der Waals surface area contributed by atoms with Gasteiger partial charge in [0.2, 0.25) is 5.91 Å². The number of carbonyl (C=O) groups excluding carboxylic acids is 1. The molecule has 29 heavy (non-hydrogen) atoms. The molecule has 0 aliphatic rings. The van der Waals surface area contributed by atoms with Gasteiger partial charge in [-0.05, 0) is 44.0 Å². The third kappa shape index (κ3) is 5.39. The molecule has 1 aromatic heterocycles. The van der Waals surface area contributed by atoms with Gasteiger partial charge in [0.05, 0.1) is 17.1 Å². The summed E-state index contributed by atoms with van der Waals surface area (Å²) in [4.78, 5) is 13.1. The molecule has 0 saturated heterocycles. The molecule has 1 heterocycles. The van der Waals surface area contributed by atoms with Crippen molar-refractivity contribution in [2.75, 3.05) is 18.0 Å². The van der Waals surface area contributed by atoms with Crippen molar-refractivity contribution >= 4 is 23.5 Å². The number of nitriles is 1. The molecular weight excluding hydrogens is 382 g/mol. The molecule has 0 radical (unpaired) electrons. The highest BCUT2D eigenvalue weighted by Gasteiger charge is 2.16. The molecule has 0 bridgehead atoms. The maximum Gasteiger partial charge on any atom is 0.230 e. The van der Waals surface area contributed by atoms with Crippen LogP contribution < -0.4 is 11.1 Å². The first-order valence-corrected chi connectivity index (χ1v) is 10.4. The molecule has 3 N–H and O–H groups in total. The number of hydrogen-bond donors (Lipinski definition) is 2. The largest absolute Gasteiger partial charge is 0.382 e. The van der Waals surface area contributed by atoms with Gasteiger partial charge in [-0.3, -0.25) is 4.79 Å². The number of nitrogen functional groups attached to an aromatic ring is 1. The third-order valence-electron chi connectivity index (χ3n) is 4.41. The number of aryl methyl sites for hydroxylation is 2. The lowest BCUT2D eigenvalue weighted by molar-refractivity contribution is -0.118. The van der Waals surface area contributed by atoms with E-state index in [0.29, 0.717) is 42.2 Å². The molecular formula is C22H23N5OS. The van der Waals surface area contributed by atoms with Crippen molar-refractivity contribution in [3.05, 3.63) is 71.4 Å². The van der Waals surface area contributed by atoms with Crippen LogP contribution >= 0.6 is 11.8 Å². The van der Waals surface area contributed by atoms with Crippen molar-refractivity contribution in [3.63, 3.8) is 0 Å². The standard InChI is InChI=1S/C22H23N5OS/c1-16-9-11-18(12-10-16)29-15-21(28)25-13-5-8-20-19(14-23)22(24)27(26-20)17-6-3-2-4-7-17/h2-4,6-7,9-12H,5,8,13,15,24H2,1H3,(H,25,28). The second kappa shape index (κ2) is 9.80. The van der Waals surface area contributed by atoms with E-state index in [2.05, 4.69) is 16.5 Å². The number of anilines is 1. The van der Waals surface area contributed by atoms with Gasteiger partial charge < -0.3 is 11.1 Å². The fourth-order valence-corrected chi connectivity index (χ4v) is 3.59. The second-order valence-corrected chi connectivity index (χ2v) is 7.67. The molecule has 0 fully saturated rings. The van der Waals surface area contributed by atoms with Crippen LogP contribution in [0, 0.1) is 18.3 Å². The fourth-order valence-electron chi connectivity index (χ4n) is 2.86. The van der Waals surface area contributed by atoms with Gasteiger partial charge >= 0.3 is 0 Å². The molecule has 3 rings (SSSR count). The number of amides is 1. The van der Waals surface area contributed by atoms with E-state index < -0.39 is 0 Å². The molecule has 0 unspecified atom stereocenters. The van der Waals surface area contributed by atoms with Crippen molar-refractivity contribution in [2.24, 2.45) is 0 Å². The summed E-state index contributed by atoms with van der Waals surface area (Å²) < 4.78 is 1.59. The molecule has 7 heteroatoms. The SMILES string of the molecule is Cc1ccc(SCC(=O)NCCCc2nn(-c3ccccc3)c(N)c2C#N)cc1. The maximum atomic E-state index is 12.0. The lowest BCUT2D eigenvalue weighted by atomic mass is 10.1. The Morgan fingerprint density at radius 1 is 1.21 bits per heavy atom. The van der Waals surface area contributed by atoms with Crippen LogP contribution in [0.3, 0.4) is 0 Å². The number of nitrogens with one attached hydrogen (secondary N) is 1. The fraction of sp³-hybridized carbons (Fsp3) is 0.227. The molecule has 0 spiro atoms. The molecule has 0 atom stereocenters. The van der Waals surface area contributed by atoms with Gasteiger partial charge in [-0.25, -0.2) is 4.68 Å². The highest BCUT2D eigenvalue weighted by atomic mass is 32.2. The van der Waals surface area contributed by atoms with E-state index in [1.807, 2.05) is 61.5 Å². The van der Waals surface area contributed by atoms with E-state index in [1.165, 1.54) is 17.3 Å². The highest BCUT2D eigenvalue weighted by Crippen LogP contribution is 2.21. The number of para-hydroxylation sites is 1. The Balaban J connectivity index is 1.49. The Bertz CT molecular complexity index is 1010. The Hall–Kier alpha value is -3.24. The third-order valence-corrected chi connectivity index (χ3v) is 5.42. The molecule has 3 aromatic rings. The van der Waals surface area contributed by atoms with Gasteiger partial charge in [-0.15, -0.1) is 11.8 Å². The zero-order valence-electron chi connectivity index (χ0n) is 16.3. The highest BCUT2D eigenvalue weighted by molar-refractivity contribution is 8.00. The van der Waals surface area contributed by atoms with Gasteiger partial charge in [0.1, 0.15) is 17.5 Å². The Morgan fingerprint density at radius 3 is 2.62 bits per heavy atom. The van der Waals surface area contributed by atoms with E-state index in [9.17, 15) is 10.1 Å². The molecule has 2 aromatic carbocycles. The normalized spacial score (nSPS) is 10.5. The first-order valence-electron chi connectivity index (χ1n) is 9.37. The predicted octanol–water partition coefficient (Wildman–Crippen LogP) is 3.48. The van der Waals surface area contributed by atoms with Gasteiger partial charge in [-0.2, -0.15) is 10.4 Å². The lowest BCUT2D eigenvalue weighted by Crippen LogP contribution is -2.26. The smallest absolute Gasteiger partial charge is 0.230 e. The molecule has 0 saturated carbocycles. The predicted molar refractivity (Wildman–Crippen MR) is 116 cm³/mol. The van der Waals surface area contributed by atoms with Crippen molar-refractivity contribution in [3.8, 4) is 11.8 Å². The monoisotopic (exact) mass is 405 g/mol. The molecule has 0 aliphatic carbocycles. The van der Waals surface area contributed by atoms with Crippen molar-refractivity contribution in [2.45, 2.75) is 24.7 Å². The summed E-state index contributed by atoms with van der Waals surface area (Å²) in [7, 11) is 0. The number of hydrogen-bond acceptors (Lipinski definition) is 5. The number of nitrogens with zero attached hydrogens (tertiary/aromatic N) is 3. The Morgan fingerprint density at radius 2 is 1.93 bits per heavy atom. The summed E-state index contributed by atoms with van der Waals surface area (Å²) in [5, 5.41) is 16.9. The minimum absolute atomic E-state index is 0.00888. The average Bonchev–Trinajstić information content (AvgIpc) is 3.06. The lowest BCUT2D eigenvalue weighted by Gasteiger charge is -2.05. The summed E-state index contributed by atoms with van der Waals surface area (Å²) in [5.74, 6) is 0.708. The van der Waals surface area contributed by atoms with Crippen LogP contribution in [0.1, 0.15) is 23.2 Å². The van der Waals surface area contributed by atoms with Crippen LogP contribution in [0.15, 0.2) is 59.5 Å². The number of thioether (sulfide) groups is 1. The van der Waals surface area contributed by atoms with Crippen molar-refractivity contribution < 1.29 is 4.79 Å². The number of nitrogens with two attached hydrogens (primary N) is 1. The molecule has 6 nitrogen and oxygen atoms in total. The van der Waals surface area contributed by atoms with E-state index in [0.717, 1.165) is 10.6 Å². The van der Waals surface area contributed by atoms with Crippen LogP contribution in [0.5, 0.6) is 0 Å². The van der Waals surface area contributed by atoms with Crippen molar-refractivity contribution in [1.82, 2.24) is 15.1 Å². The molecule has 0 aliphatic heterocycles. The number of aromatic nitrogens is 2. The summed E-state index contributed by atoms with van der Waals surface area (Å²) >= 11 is 1.51. The number of carbonyl (C=O) groups is 1. The van der Waals surface area contributed by atoms with Crippen LogP contribution in [0.4, 0.5) is 5.82 Å². The van der Waals surface area contributed by atoms with E-state index >= 15 is 0 Å². The van der Waals surface area contributed by atoms with Crippen LogP contribution in [-0.4, -0.2) is 28.0 Å². The second-order valence-electron chi connectivity index (χ2n) is 6.62. The summed E-state index contributed by atoms with van der Waals surface area (Å²) in [6.07, 6.45) is 1.25. The summed E-state index contributed by atoms with van der Waals surface area (Å²) in [6.45, 7) is 2.56. The summed E-state index contributed by atoms with van der Waals surface area (Å²) in [5.41, 5.74) is 9.17. The first-order chi connectivity index (χ1) is 14.1. The topological polar surface area (TPSA) is 96.7 Å². The van der Waals surface area contributed by atoms with Crippen LogP contribution in [0.2, 0.25) is 0 Å². The van der Waals surface area contributed by atoms with Gasteiger partial charge in [0.15, 0.2) is 0 Å². The van der Waals surface area contributed by atoms with Crippen LogP contribution in [0.25, 0.3) is 5.69 Å². The number of benzene rings is 2. The van der Waals surface area contributed by atoms with E-state index in [4.69, 9.17) is 5.73 Å². The Labute approximate surface area is 174 Å². The zero-order valence-corrected chi connectivity index (χ0v) is 17.1. The maximum absolute atomic E-state index is 12.0. The summed E-state index contributed by atoms with van der Waals surface area (Å²) in [6, 6.07) is 19.7. The van der Waals surface area contributed by atoms with Crippen molar-refractivity contribution in [1.29, 1.82) is 5.26 Å². The number of rotatable bonds is 8. The van der Waals surface area contributed by atoms with Gasteiger partial charge in [0.25, 0.3) is 0 Å². The van der Waals surface area contributed by atoms with Gasteiger partial charge in [0, 0.05) is 11.4 Å². The zero-order chi connectivity index (χ0) is 20.6. The minimum atomic E-state index is -0.00888. The first kappa shape index (κ1) is 20.5.